The van der Waals surface area contributed by atoms with Crippen LogP contribution in [0.25, 0.3) is 0 Å². The maximum Gasteiger partial charge on any atom is 0.168 e. The minimum absolute atomic E-state index is 0.00463. The molecule has 1 aromatic heterocycles. The summed E-state index contributed by atoms with van der Waals surface area (Å²) in [5.41, 5.74) is 0.00463. The Labute approximate surface area is 61.6 Å². The van der Waals surface area contributed by atoms with E-state index in [9.17, 15) is 9.18 Å². The number of nitrogens with zero attached hydrogens (tertiary/aromatic N) is 1. The van der Waals surface area contributed by atoms with Crippen molar-refractivity contribution in [3.05, 3.63) is 28.8 Å². The van der Waals surface area contributed by atoms with Crippen molar-refractivity contribution in [2.45, 2.75) is 0 Å². The number of carbonyl (C=O) groups excluding carboxylic acids is 1. The van der Waals surface area contributed by atoms with Crippen molar-refractivity contribution in [2.75, 3.05) is 0 Å². The summed E-state index contributed by atoms with van der Waals surface area (Å²) in [6.45, 7) is 0. The average Bonchev–Trinajstić information content (AvgIpc) is 1.85. The molecule has 0 saturated heterocycles. The minimum atomic E-state index is -0.554. The summed E-state index contributed by atoms with van der Waals surface area (Å²) >= 11 is 5.32. The molecule has 0 aliphatic carbocycles. The second-order valence-corrected chi connectivity index (χ2v) is 2.04. The molecule has 0 fully saturated rings. The Morgan fingerprint density at radius 1 is 1.60 bits per heavy atom. The largest absolute Gasteiger partial charge is 0.296 e. The van der Waals surface area contributed by atoms with E-state index in [1.807, 2.05) is 0 Å². The number of hydrogen-bond donors (Lipinski definition) is 0. The fraction of sp³-hybridized carbons (Fsp3) is 0. The van der Waals surface area contributed by atoms with Crippen LogP contribution in [0, 0.1) is 5.82 Å². The summed E-state index contributed by atoms with van der Waals surface area (Å²) in [6.07, 6.45) is 0.439. The van der Waals surface area contributed by atoms with E-state index >= 15 is 0 Å². The van der Waals surface area contributed by atoms with E-state index in [4.69, 9.17) is 11.6 Å². The van der Waals surface area contributed by atoms with Crippen molar-refractivity contribution in [3.63, 3.8) is 0 Å². The van der Waals surface area contributed by atoms with Crippen LogP contribution in [-0.2, 0) is 0 Å². The predicted octanol–water partition coefficient (Wildman–Crippen LogP) is 1.69. The number of rotatable bonds is 1. The molecule has 0 spiro atoms. The van der Waals surface area contributed by atoms with Gasteiger partial charge < -0.3 is 0 Å². The van der Waals surface area contributed by atoms with Crippen LogP contribution in [0.4, 0.5) is 4.39 Å². The molecular weight excluding hydrogens is 157 g/mol. The van der Waals surface area contributed by atoms with Gasteiger partial charge in [-0.15, -0.1) is 0 Å². The van der Waals surface area contributed by atoms with E-state index in [2.05, 4.69) is 4.98 Å². The Morgan fingerprint density at radius 2 is 2.30 bits per heavy atom. The van der Waals surface area contributed by atoms with Crippen molar-refractivity contribution in [1.29, 1.82) is 0 Å². The van der Waals surface area contributed by atoms with E-state index < -0.39 is 5.82 Å². The smallest absolute Gasteiger partial charge is 0.168 e. The van der Waals surface area contributed by atoms with Gasteiger partial charge in [-0.1, -0.05) is 11.6 Å². The standard InChI is InChI=1S/C6H3ClFNO/c7-6-2-4(8)1-5(3-10)9-6/h1-3H. The highest BCUT2D eigenvalue weighted by atomic mass is 35.5. The zero-order chi connectivity index (χ0) is 7.56. The first-order valence-corrected chi connectivity index (χ1v) is 2.88. The Hall–Kier alpha value is -0.960. The topological polar surface area (TPSA) is 30.0 Å². The molecule has 10 heavy (non-hydrogen) atoms. The van der Waals surface area contributed by atoms with Crippen molar-refractivity contribution in [1.82, 2.24) is 4.98 Å². The van der Waals surface area contributed by atoms with Crippen molar-refractivity contribution in [2.24, 2.45) is 0 Å². The molecule has 0 amide bonds. The van der Waals surface area contributed by atoms with Crippen molar-refractivity contribution in [3.8, 4) is 0 Å². The zero-order valence-electron chi connectivity index (χ0n) is 4.84. The fourth-order valence-electron chi connectivity index (χ4n) is 0.545. The fourth-order valence-corrected chi connectivity index (χ4v) is 0.747. The lowest BCUT2D eigenvalue weighted by Gasteiger charge is -1.90. The molecule has 1 rings (SSSR count). The molecule has 0 saturated carbocycles. The molecule has 0 bridgehead atoms. The van der Waals surface area contributed by atoms with Gasteiger partial charge in [-0.2, -0.15) is 0 Å². The quantitative estimate of drug-likeness (QED) is 0.461. The van der Waals surface area contributed by atoms with Crippen molar-refractivity contribution < 1.29 is 9.18 Å². The van der Waals surface area contributed by atoms with Gasteiger partial charge in [-0.3, -0.25) is 4.79 Å². The highest BCUT2D eigenvalue weighted by Gasteiger charge is 1.97. The summed E-state index contributed by atoms with van der Waals surface area (Å²) in [5.74, 6) is -0.554. The Morgan fingerprint density at radius 3 is 2.80 bits per heavy atom. The lowest BCUT2D eigenvalue weighted by atomic mass is 10.4. The lowest BCUT2D eigenvalue weighted by Crippen LogP contribution is -1.88. The molecule has 4 heteroatoms. The predicted molar refractivity (Wildman–Crippen MR) is 34.6 cm³/mol. The van der Waals surface area contributed by atoms with Gasteiger partial charge >= 0.3 is 0 Å². The SMILES string of the molecule is O=Cc1cc(F)cc(Cl)n1. The third kappa shape index (κ3) is 1.51. The summed E-state index contributed by atoms with van der Waals surface area (Å²) in [7, 11) is 0. The third-order valence-corrected chi connectivity index (χ3v) is 1.09. The highest BCUT2D eigenvalue weighted by Crippen LogP contribution is 2.07. The maximum atomic E-state index is 12.3. The van der Waals surface area contributed by atoms with Gasteiger partial charge in [0.1, 0.15) is 16.7 Å². The summed E-state index contributed by atoms with van der Waals surface area (Å²) < 4.78 is 12.3. The molecule has 52 valence electrons. The van der Waals surface area contributed by atoms with Crippen LogP contribution < -0.4 is 0 Å². The minimum Gasteiger partial charge on any atom is -0.296 e. The van der Waals surface area contributed by atoms with Crippen LogP contribution >= 0.6 is 11.6 Å². The number of aromatic nitrogens is 1. The van der Waals surface area contributed by atoms with Crippen LogP contribution in [0.2, 0.25) is 5.15 Å². The number of hydrogen-bond acceptors (Lipinski definition) is 2. The summed E-state index contributed by atoms with van der Waals surface area (Å²) in [6, 6.07) is 2.05. The monoisotopic (exact) mass is 159 g/mol. The molecule has 0 radical (unpaired) electrons. The van der Waals surface area contributed by atoms with Gasteiger partial charge in [0.05, 0.1) is 0 Å². The Balaban J connectivity index is 3.18. The second kappa shape index (κ2) is 2.75. The van der Waals surface area contributed by atoms with Gasteiger partial charge in [-0.05, 0) is 0 Å². The van der Waals surface area contributed by atoms with Crippen LogP contribution in [0.5, 0.6) is 0 Å². The van der Waals surface area contributed by atoms with E-state index in [1.165, 1.54) is 0 Å². The number of carbonyl (C=O) groups is 1. The number of aldehydes is 1. The average molecular weight is 160 g/mol. The van der Waals surface area contributed by atoms with Gasteiger partial charge in [0.25, 0.3) is 0 Å². The Kier molecular flexibility index (Phi) is 1.97. The summed E-state index contributed by atoms with van der Waals surface area (Å²) in [4.78, 5) is 13.5. The molecule has 1 heterocycles. The Bertz CT molecular complexity index is 244. The second-order valence-electron chi connectivity index (χ2n) is 1.65. The molecule has 2 nitrogen and oxygen atoms in total. The van der Waals surface area contributed by atoms with Crippen LogP contribution in [0.15, 0.2) is 12.1 Å². The van der Waals surface area contributed by atoms with E-state index in [1.54, 1.807) is 0 Å². The molecule has 0 aromatic carbocycles. The molecule has 0 atom stereocenters. The van der Waals surface area contributed by atoms with E-state index in [0.29, 0.717) is 6.29 Å². The van der Waals surface area contributed by atoms with Crippen LogP contribution in [0.3, 0.4) is 0 Å². The van der Waals surface area contributed by atoms with Crippen LogP contribution in [0.1, 0.15) is 10.5 Å². The highest BCUT2D eigenvalue weighted by molar-refractivity contribution is 6.29. The summed E-state index contributed by atoms with van der Waals surface area (Å²) in [5, 5.41) is -0.0119. The first-order valence-electron chi connectivity index (χ1n) is 2.50. The van der Waals surface area contributed by atoms with Gasteiger partial charge in [0, 0.05) is 12.1 Å². The molecule has 0 N–H and O–H groups in total. The molecule has 1 aromatic rings. The van der Waals surface area contributed by atoms with Gasteiger partial charge in [0.2, 0.25) is 0 Å². The number of halogens is 2. The van der Waals surface area contributed by atoms with E-state index in [0.717, 1.165) is 12.1 Å². The number of pyridine rings is 1. The molecule has 0 aliphatic rings. The first kappa shape index (κ1) is 7.15. The maximum absolute atomic E-state index is 12.3. The van der Waals surface area contributed by atoms with Crippen molar-refractivity contribution >= 4 is 17.9 Å². The molecule has 0 aliphatic heterocycles. The first-order chi connectivity index (χ1) is 4.72. The normalized spacial score (nSPS) is 9.40. The lowest BCUT2D eigenvalue weighted by molar-refractivity contribution is 0.111. The third-order valence-electron chi connectivity index (χ3n) is 0.899. The molecular formula is C6H3ClFNO. The van der Waals surface area contributed by atoms with Gasteiger partial charge in [0.15, 0.2) is 6.29 Å². The van der Waals surface area contributed by atoms with Crippen LogP contribution in [-0.4, -0.2) is 11.3 Å². The van der Waals surface area contributed by atoms with Gasteiger partial charge in [-0.25, -0.2) is 9.37 Å². The van der Waals surface area contributed by atoms with E-state index in [-0.39, 0.29) is 10.8 Å². The molecule has 0 unspecified atom stereocenters. The zero-order valence-corrected chi connectivity index (χ0v) is 5.60.